The van der Waals surface area contributed by atoms with E-state index in [1.54, 1.807) is 26.0 Å². The lowest BCUT2D eigenvalue weighted by molar-refractivity contribution is 0.600. The second kappa shape index (κ2) is 5.63. The van der Waals surface area contributed by atoms with Crippen LogP contribution in [0.3, 0.4) is 0 Å². The highest BCUT2D eigenvalue weighted by Gasteiger charge is 2.23. The van der Waals surface area contributed by atoms with E-state index in [2.05, 4.69) is 14.9 Å². The quantitative estimate of drug-likeness (QED) is 0.737. The Labute approximate surface area is 132 Å². The van der Waals surface area contributed by atoms with Crippen LogP contribution in [0, 0.1) is 13.8 Å². The molecule has 4 N–H and O–H groups in total. The first-order valence-corrected chi connectivity index (χ1v) is 8.13. The third kappa shape index (κ3) is 3.17. The molecule has 0 bridgehead atoms. The second-order valence-corrected chi connectivity index (χ2v) is 6.92. The zero-order chi connectivity index (χ0) is 15.8. The number of aromatic amines is 1. The van der Waals surface area contributed by atoms with Crippen LogP contribution in [-0.4, -0.2) is 23.6 Å². The Bertz CT molecular complexity index is 795. The van der Waals surface area contributed by atoms with Crippen LogP contribution in [0.15, 0.2) is 23.1 Å². The minimum Gasteiger partial charge on any atom is -0.389 e. The highest BCUT2D eigenvalue weighted by atomic mass is 35.5. The lowest BCUT2D eigenvalue weighted by atomic mass is 10.2. The van der Waals surface area contributed by atoms with Crippen LogP contribution in [0.25, 0.3) is 0 Å². The van der Waals surface area contributed by atoms with Gasteiger partial charge in [0.1, 0.15) is 9.88 Å². The summed E-state index contributed by atoms with van der Waals surface area (Å²) in [6, 6.07) is 4.61. The largest absolute Gasteiger partial charge is 0.389 e. The number of H-pyrrole nitrogens is 1. The first-order chi connectivity index (χ1) is 9.72. The van der Waals surface area contributed by atoms with E-state index >= 15 is 0 Å². The Morgan fingerprint density at radius 3 is 2.62 bits per heavy atom. The predicted octanol–water partition coefficient (Wildman–Crippen LogP) is 2.11. The molecule has 0 saturated carbocycles. The van der Waals surface area contributed by atoms with Crippen molar-refractivity contribution in [2.75, 3.05) is 4.72 Å². The molecular formula is C12H13ClN4O2S2. The number of hydrogen-bond acceptors (Lipinski definition) is 4. The van der Waals surface area contributed by atoms with Gasteiger partial charge in [-0.15, -0.1) is 0 Å². The van der Waals surface area contributed by atoms with Gasteiger partial charge in [-0.1, -0.05) is 23.8 Å². The molecule has 1 aromatic carbocycles. The van der Waals surface area contributed by atoms with Gasteiger partial charge in [-0.3, -0.25) is 9.82 Å². The van der Waals surface area contributed by atoms with Gasteiger partial charge in [0.25, 0.3) is 10.0 Å². The van der Waals surface area contributed by atoms with Gasteiger partial charge in [0.2, 0.25) is 0 Å². The summed E-state index contributed by atoms with van der Waals surface area (Å²) in [5.74, 6) is 0. The molecule has 2 rings (SSSR count). The summed E-state index contributed by atoms with van der Waals surface area (Å²) in [6.45, 7) is 3.23. The fourth-order valence-corrected chi connectivity index (χ4v) is 3.74. The van der Waals surface area contributed by atoms with Crippen LogP contribution < -0.4 is 10.5 Å². The molecular weight excluding hydrogens is 332 g/mol. The molecule has 0 saturated heterocycles. The summed E-state index contributed by atoms with van der Waals surface area (Å²) in [6.07, 6.45) is 0. The van der Waals surface area contributed by atoms with Crippen molar-refractivity contribution in [1.29, 1.82) is 0 Å². The van der Waals surface area contributed by atoms with Crippen molar-refractivity contribution in [3.63, 3.8) is 0 Å². The van der Waals surface area contributed by atoms with Gasteiger partial charge >= 0.3 is 0 Å². The van der Waals surface area contributed by atoms with Gasteiger partial charge in [-0.25, -0.2) is 8.42 Å². The number of rotatable bonds is 4. The molecule has 0 spiro atoms. The van der Waals surface area contributed by atoms with Crippen LogP contribution in [0.1, 0.15) is 17.0 Å². The number of benzene rings is 1. The standard InChI is InChI=1S/C12H13ClN4O2S2/c1-6-11(7(2)16-15-6)21(18,19)17-10-5-8(13)3-4-9(10)12(14)20/h3-5,17H,1-2H3,(H2,14,20)(H,15,16). The Kier molecular flexibility index (Phi) is 4.22. The summed E-state index contributed by atoms with van der Waals surface area (Å²) in [7, 11) is -3.82. The van der Waals surface area contributed by atoms with Gasteiger partial charge in [0.15, 0.2) is 0 Å². The summed E-state index contributed by atoms with van der Waals surface area (Å²) < 4.78 is 27.4. The van der Waals surface area contributed by atoms with E-state index in [4.69, 9.17) is 29.6 Å². The minimum atomic E-state index is -3.82. The van der Waals surface area contributed by atoms with Crippen molar-refractivity contribution < 1.29 is 8.42 Å². The number of nitrogens with two attached hydrogens (primary N) is 1. The summed E-state index contributed by atoms with van der Waals surface area (Å²) in [5.41, 5.74) is 7.05. The van der Waals surface area contributed by atoms with Crippen LogP contribution in [0.2, 0.25) is 5.02 Å². The second-order valence-electron chi connectivity index (χ2n) is 4.42. The number of aryl methyl sites for hydroxylation is 2. The fraction of sp³-hybridized carbons (Fsp3) is 0.167. The van der Waals surface area contributed by atoms with Gasteiger partial charge < -0.3 is 5.73 Å². The van der Waals surface area contributed by atoms with Crippen molar-refractivity contribution in [1.82, 2.24) is 10.2 Å². The Hall–Kier alpha value is -1.64. The third-order valence-electron chi connectivity index (χ3n) is 2.82. The third-order valence-corrected chi connectivity index (χ3v) is 4.90. The molecule has 0 fully saturated rings. The Morgan fingerprint density at radius 1 is 1.43 bits per heavy atom. The monoisotopic (exact) mass is 344 g/mol. The van der Waals surface area contributed by atoms with Crippen LogP contribution in [-0.2, 0) is 10.0 Å². The first kappa shape index (κ1) is 15.7. The molecule has 1 aromatic heterocycles. The molecule has 0 aliphatic carbocycles. The van der Waals surface area contributed by atoms with E-state index in [1.165, 1.54) is 6.07 Å². The zero-order valence-electron chi connectivity index (χ0n) is 11.3. The maximum absolute atomic E-state index is 12.5. The summed E-state index contributed by atoms with van der Waals surface area (Å²) in [5, 5.41) is 6.88. The highest BCUT2D eigenvalue weighted by Crippen LogP contribution is 2.26. The molecule has 2 aromatic rings. The number of thiocarbonyl (C=S) groups is 1. The maximum atomic E-state index is 12.5. The van der Waals surface area contributed by atoms with Crippen molar-refractivity contribution in [2.24, 2.45) is 5.73 Å². The Morgan fingerprint density at radius 2 is 2.10 bits per heavy atom. The summed E-state index contributed by atoms with van der Waals surface area (Å²) >= 11 is 10.8. The molecule has 0 aliphatic rings. The van der Waals surface area contributed by atoms with Crippen LogP contribution in [0.4, 0.5) is 5.69 Å². The minimum absolute atomic E-state index is 0.0741. The van der Waals surface area contributed by atoms with Gasteiger partial charge in [-0.05, 0) is 32.0 Å². The van der Waals surface area contributed by atoms with Crippen LogP contribution >= 0.6 is 23.8 Å². The van der Waals surface area contributed by atoms with E-state index in [0.29, 0.717) is 22.0 Å². The fourth-order valence-electron chi connectivity index (χ4n) is 1.95. The summed E-state index contributed by atoms with van der Waals surface area (Å²) in [4.78, 5) is 0.168. The molecule has 6 nitrogen and oxygen atoms in total. The van der Waals surface area contributed by atoms with Crippen LogP contribution in [0.5, 0.6) is 0 Å². The smallest absolute Gasteiger partial charge is 0.265 e. The van der Waals surface area contributed by atoms with E-state index in [9.17, 15) is 8.42 Å². The average Bonchev–Trinajstić information content (AvgIpc) is 2.68. The maximum Gasteiger partial charge on any atom is 0.265 e. The van der Waals surface area contributed by atoms with E-state index < -0.39 is 10.0 Å². The zero-order valence-corrected chi connectivity index (χ0v) is 13.7. The number of hydrogen-bond donors (Lipinski definition) is 3. The molecule has 112 valence electrons. The number of nitrogens with one attached hydrogen (secondary N) is 2. The number of halogens is 1. The number of aromatic nitrogens is 2. The van der Waals surface area contributed by atoms with Crippen molar-refractivity contribution >= 4 is 44.5 Å². The molecule has 0 aliphatic heterocycles. The molecule has 21 heavy (non-hydrogen) atoms. The highest BCUT2D eigenvalue weighted by molar-refractivity contribution is 7.92. The Balaban J connectivity index is 2.51. The van der Waals surface area contributed by atoms with Crippen molar-refractivity contribution in [2.45, 2.75) is 18.7 Å². The molecule has 0 radical (unpaired) electrons. The number of nitrogens with zero attached hydrogens (tertiary/aromatic N) is 1. The first-order valence-electron chi connectivity index (χ1n) is 5.86. The topological polar surface area (TPSA) is 101 Å². The molecule has 1 heterocycles. The molecule has 0 amide bonds. The van der Waals surface area contributed by atoms with E-state index in [-0.39, 0.29) is 15.6 Å². The lowest BCUT2D eigenvalue weighted by Gasteiger charge is -2.12. The average molecular weight is 345 g/mol. The number of anilines is 1. The number of sulfonamides is 1. The molecule has 0 atom stereocenters. The predicted molar refractivity (Wildman–Crippen MR) is 86.2 cm³/mol. The molecule has 9 heteroatoms. The van der Waals surface area contributed by atoms with Gasteiger partial charge in [0, 0.05) is 10.6 Å². The van der Waals surface area contributed by atoms with Crippen molar-refractivity contribution in [3.05, 3.63) is 40.2 Å². The molecule has 0 unspecified atom stereocenters. The van der Waals surface area contributed by atoms with Crippen molar-refractivity contribution in [3.8, 4) is 0 Å². The lowest BCUT2D eigenvalue weighted by Crippen LogP contribution is -2.19. The van der Waals surface area contributed by atoms with Gasteiger partial charge in [0.05, 0.1) is 17.1 Å². The normalized spacial score (nSPS) is 11.4. The van der Waals surface area contributed by atoms with E-state index in [0.717, 1.165) is 0 Å². The van der Waals surface area contributed by atoms with E-state index in [1.807, 2.05) is 0 Å². The SMILES string of the molecule is Cc1n[nH]c(C)c1S(=O)(=O)Nc1cc(Cl)ccc1C(N)=S. The van der Waals surface area contributed by atoms with Gasteiger partial charge in [-0.2, -0.15) is 5.10 Å².